The average molecular weight is 395 g/mol. The minimum absolute atomic E-state index is 0.0737. The molecule has 0 saturated carbocycles. The largest absolute Gasteiger partial charge is 0.449 e. The molecule has 0 bridgehead atoms. The maximum atomic E-state index is 12.3. The smallest absolute Gasteiger partial charge is 0.339 e. The summed E-state index contributed by atoms with van der Waals surface area (Å²) in [6, 6.07) is 5.25. The lowest BCUT2D eigenvalue weighted by Gasteiger charge is -2.17. The molecule has 1 amide bonds. The van der Waals surface area contributed by atoms with Crippen molar-refractivity contribution in [2.45, 2.75) is 39.3 Å². The summed E-state index contributed by atoms with van der Waals surface area (Å²) < 4.78 is 6.76. The molecule has 0 aliphatic rings. The summed E-state index contributed by atoms with van der Waals surface area (Å²) in [4.78, 5) is 34.7. The number of esters is 1. The standard InChI is InChI=1S/C17H19ClN4O5/c1-4-10(2)21-15(7-8-19-21)20-16(23)11(3)27-17(24)12-5-6-13(18)14(9-12)22(25)26/h5-11H,4H2,1-3H3,(H,20,23)/t10-,11+/m1/s1. The van der Waals surface area contributed by atoms with Gasteiger partial charge in [0.1, 0.15) is 10.8 Å². The molecule has 0 fully saturated rings. The number of nitrogens with one attached hydrogen (secondary N) is 1. The second kappa shape index (κ2) is 8.63. The summed E-state index contributed by atoms with van der Waals surface area (Å²) in [7, 11) is 0. The quantitative estimate of drug-likeness (QED) is 0.435. The average Bonchev–Trinajstić information content (AvgIpc) is 3.09. The Balaban J connectivity index is 2.06. The topological polar surface area (TPSA) is 116 Å². The van der Waals surface area contributed by atoms with Gasteiger partial charge in [-0.3, -0.25) is 14.9 Å². The van der Waals surface area contributed by atoms with E-state index in [2.05, 4.69) is 10.4 Å². The van der Waals surface area contributed by atoms with Crippen molar-refractivity contribution in [2.75, 3.05) is 5.32 Å². The number of amides is 1. The molecule has 0 radical (unpaired) electrons. The number of anilines is 1. The van der Waals surface area contributed by atoms with Crippen molar-refractivity contribution in [2.24, 2.45) is 0 Å². The zero-order valence-corrected chi connectivity index (χ0v) is 15.8. The summed E-state index contributed by atoms with van der Waals surface area (Å²) in [5.74, 6) is -0.927. The molecule has 0 aliphatic heterocycles. The zero-order chi connectivity index (χ0) is 20.1. The molecule has 2 aromatic rings. The molecule has 9 nitrogen and oxygen atoms in total. The molecule has 0 saturated heterocycles. The number of carbonyl (C=O) groups excluding carboxylic acids is 2. The van der Waals surface area contributed by atoms with Crippen molar-refractivity contribution >= 4 is 35.0 Å². The second-order valence-electron chi connectivity index (χ2n) is 5.88. The van der Waals surface area contributed by atoms with Gasteiger partial charge in [-0.05, 0) is 32.4 Å². The second-order valence-corrected chi connectivity index (χ2v) is 6.29. The predicted molar refractivity (Wildman–Crippen MR) is 98.8 cm³/mol. The van der Waals surface area contributed by atoms with Gasteiger partial charge in [-0.1, -0.05) is 18.5 Å². The number of rotatable bonds is 7. The molecule has 1 N–H and O–H groups in total. The first kappa shape index (κ1) is 20.4. The van der Waals surface area contributed by atoms with Crippen LogP contribution in [0.25, 0.3) is 0 Å². The molecule has 0 aliphatic carbocycles. The van der Waals surface area contributed by atoms with E-state index in [9.17, 15) is 19.7 Å². The number of hydrogen-bond donors (Lipinski definition) is 1. The van der Waals surface area contributed by atoms with E-state index in [-0.39, 0.29) is 16.6 Å². The molecule has 2 rings (SSSR count). The van der Waals surface area contributed by atoms with Crippen LogP contribution in [0.4, 0.5) is 11.5 Å². The molecule has 1 aromatic heterocycles. The number of benzene rings is 1. The fourth-order valence-corrected chi connectivity index (χ4v) is 2.41. The Morgan fingerprint density at radius 2 is 2.07 bits per heavy atom. The maximum Gasteiger partial charge on any atom is 0.339 e. The van der Waals surface area contributed by atoms with Crippen LogP contribution in [-0.2, 0) is 9.53 Å². The van der Waals surface area contributed by atoms with E-state index in [0.29, 0.717) is 5.82 Å². The highest BCUT2D eigenvalue weighted by Gasteiger charge is 2.23. The van der Waals surface area contributed by atoms with Gasteiger partial charge in [-0.25, -0.2) is 9.48 Å². The van der Waals surface area contributed by atoms with Gasteiger partial charge in [0.05, 0.1) is 22.7 Å². The SMILES string of the molecule is CC[C@@H](C)n1nccc1NC(=O)[C@H](C)OC(=O)c1ccc(Cl)c([N+](=O)[O-])c1. The summed E-state index contributed by atoms with van der Waals surface area (Å²) in [5, 5.41) is 17.6. The normalized spacial score (nSPS) is 12.9. The molecule has 10 heteroatoms. The molecule has 27 heavy (non-hydrogen) atoms. The van der Waals surface area contributed by atoms with E-state index >= 15 is 0 Å². The minimum Gasteiger partial charge on any atom is -0.449 e. The number of aromatic nitrogens is 2. The van der Waals surface area contributed by atoms with E-state index in [0.717, 1.165) is 12.5 Å². The monoisotopic (exact) mass is 394 g/mol. The number of nitro groups is 1. The van der Waals surface area contributed by atoms with Gasteiger partial charge in [0.2, 0.25) is 0 Å². The molecular weight excluding hydrogens is 376 g/mol. The van der Waals surface area contributed by atoms with Crippen LogP contribution in [0.3, 0.4) is 0 Å². The van der Waals surface area contributed by atoms with Gasteiger partial charge in [0.25, 0.3) is 11.6 Å². The Morgan fingerprint density at radius 1 is 1.37 bits per heavy atom. The van der Waals surface area contributed by atoms with Gasteiger partial charge in [0, 0.05) is 12.1 Å². The van der Waals surface area contributed by atoms with Crippen LogP contribution in [0.1, 0.15) is 43.6 Å². The van der Waals surface area contributed by atoms with E-state index < -0.39 is 28.6 Å². The summed E-state index contributed by atoms with van der Waals surface area (Å²) in [6.45, 7) is 5.36. The van der Waals surface area contributed by atoms with Crippen LogP contribution in [0.5, 0.6) is 0 Å². The van der Waals surface area contributed by atoms with Crippen LogP contribution in [-0.4, -0.2) is 32.7 Å². The number of hydrogen-bond acceptors (Lipinski definition) is 6. The van der Waals surface area contributed by atoms with Crippen LogP contribution in [0.15, 0.2) is 30.5 Å². The highest BCUT2D eigenvalue weighted by molar-refractivity contribution is 6.32. The Kier molecular flexibility index (Phi) is 6.51. The fourth-order valence-electron chi connectivity index (χ4n) is 2.23. The molecule has 1 heterocycles. The number of nitrogens with zero attached hydrogens (tertiary/aromatic N) is 3. The highest BCUT2D eigenvalue weighted by atomic mass is 35.5. The molecular formula is C17H19ClN4O5. The Labute approximate surface area is 160 Å². The first-order valence-electron chi connectivity index (χ1n) is 8.23. The lowest BCUT2D eigenvalue weighted by molar-refractivity contribution is -0.384. The van der Waals surface area contributed by atoms with Crippen LogP contribution in [0, 0.1) is 10.1 Å². The summed E-state index contributed by atoms with van der Waals surface area (Å²) >= 11 is 5.72. The van der Waals surface area contributed by atoms with Gasteiger partial charge >= 0.3 is 5.97 Å². The molecule has 144 valence electrons. The Bertz CT molecular complexity index is 867. The highest BCUT2D eigenvalue weighted by Crippen LogP contribution is 2.25. The number of nitro benzene ring substituents is 1. The van der Waals surface area contributed by atoms with Gasteiger partial charge in [-0.2, -0.15) is 5.10 Å². The molecule has 2 atom stereocenters. The minimum atomic E-state index is -1.12. The Hall–Kier alpha value is -2.94. The third-order valence-electron chi connectivity index (χ3n) is 3.96. The van der Waals surface area contributed by atoms with Crippen molar-refractivity contribution < 1.29 is 19.2 Å². The van der Waals surface area contributed by atoms with Gasteiger partial charge in [0.15, 0.2) is 6.10 Å². The number of halogens is 1. The number of carbonyl (C=O) groups is 2. The molecule has 0 unspecified atom stereocenters. The third-order valence-corrected chi connectivity index (χ3v) is 4.28. The maximum absolute atomic E-state index is 12.3. The van der Waals surface area contributed by atoms with Crippen molar-refractivity contribution in [1.29, 1.82) is 0 Å². The predicted octanol–water partition coefficient (Wildman–Crippen LogP) is 3.60. The zero-order valence-electron chi connectivity index (χ0n) is 15.0. The van der Waals surface area contributed by atoms with Crippen molar-refractivity contribution in [3.05, 3.63) is 51.2 Å². The van der Waals surface area contributed by atoms with Crippen molar-refractivity contribution in [1.82, 2.24) is 9.78 Å². The van der Waals surface area contributed by atoms with E-state index in [1.54, 1.807) is 16.9 Å². The van der Waals surface area contributed by atoms with Gasteiger partial charge in [-0.15, -0.1) is 0 Å². The van der Waals surface area contributed by atoms with E-state index in [1.807, 2.05) is 13.8 Å². The van der Waals surface area contributed by atoms with Crippen LogP contribution < -0.4 is 5.32 Å². The first-order chi connectivity index (χ1) is 12.7. The van der Waals surface area contributed by atoms with Crippen molar-refractivity contribution in [3.8, 4) is 0 Å². The van der Waals surface area contributed by atoms with Crippen molar-refractivity contribution in [3.63, 3.8) is 0 Å². The number of ether oxygens (including phenoxy) is 1. The summed E-state index contributed by atoms with van der Waals surface area (Å²) in [6.07, 6.45) is 1.27. The van der Waals surface area contributed by atoms with Gasteiger partial charge < -0.3 is 10.1 Å². The fraction of sp³-hybridized carbons (Fsp3) is 0.353. The van der Waals surface area contributed by atoms with Crippen LogP contribution >= 0.6 is 11.6 Å². The van der Waals surface area contributed by atoms with Crippen LogP contribution in [0.2, 0.25) is 5.02 Å². The van der Waals surface area contributed by atoms with E-state index in [4.69, 9.17) is 16.3 Å². The molecule has 0 spiro atoms. The third kappa shape index (κ3) is 4.82. The van der Waals surface area contributed by atoms with E-state index in [1.165, 1.54) is 19.1 Å². The Morgan fingerprint density at radius 3 is 2.70 bits per heavy atom. The molecule has 1 aromatic carbocycles. The lowest BCUT2D eigenvalue weighted by atomic mass is 10.2. The first-order valence-corrected chi connectivity index (χ1v) is 8.61. The summed E-state index contributed by atoms with van der Waals surface area (Å²) in [5.41, 5.74) is -0.490. The lowest BCUT2D eigenvalue weighted by Crippen LogP contribution is -2.31.